The maximum atomic E-state index is 13.8. The lowest BCUT2D eigenvalue weighted by molar-refractivity contribution is 0.0665. The maximum absolute atomic E-state index is 13.8. The summed E-state index contributed by atoms with van der Waals surface area (Å²) in [5, 5.41) is 3.15. The molecule has 0 radical (unpaired) electrons. The average molecular weight is 427 g/mol. The molecule has 0 fully saturated rings. The van der Waals surface area contributed by atoms with E-state index in [0.29, 0.717) is 6.42 Å². The SMILES string of the molecule is Cn1cc(C(=O)N2CCc3ccsc3C2Cc2nc3ccccc3[nH]2)c2ccccc21. The smallest absolute Gasteiger partial charge is 0.256 e. The van der Waals surface area contributed by atoms with Gasteiger partial charge < -0.3 is 14.5 Å². The van der Waals surface area contributed by atoms with Gasteiger partial charge >= 0.3 is 0 Å². The number of nitrogens with one attached hydrogen (secondary N) is 1. The number of aromatic nitrogens is 3. The van der Waals surface area contributed by atoms with E-state index in [4.69, 9.17) is 4.98 Å². The third-order valence-corrected chi connectivity index (χ3v) is 7.36. The number of hydrogen-bond acceptors (Lipinski definition) is 3. The highest BCUT2D eigenvalue weighted by Crippen LogP contribution is 2.37. The Morgan fingerprint density at radius 2 is 2.00 bits per heavy atom. The second kappa shape index (κ2) is 7.10. The van der Waals surface area contributed by atoms with Crippen molar-refractivity contribution in [2.75, 3.05) is 6.54 Å². The topological polar surface area (TPSA) is 53.9 Å². The fourth-order valence-electron chi connectivity index (χ4n) is 4.78. The molecule has 6 rings (SSSR count). The Morgan fingerprint density at radius 1 is 1.16 bits per heavy atom. The molecule has 6 heteroatoms. The molecular formula is C25H22N4OS. The van der Waals surface area contributed by atoms with Crippen molar-refractivity contribution in [1.82, 2.24) is 19.4 Å². The summed E-state index contributed by atoms with van der Waals surface area (Å²) in [6, 6.07) is 18.4. The van der Waals surface area contributed by atoms with Gasteiger partial charge in [-0.25, -0.2) is 4.98 Å². The molecule has 4 heterocycles. The van der Waals surface area contributed by atoms with E-state index in [1.165, 1.54) is 10.4 Å². The lowest BCUT2D eigenvalue weighted by Crippen LogP contribution is -2.40. The van der Waals surface area contributed by atoms with Crippen molar-refractivity contribution in [2.45, 2.75) is 18.9 Å². The van der Waals surface area contributed by atoms with Crippen LogP contribution in [0.3, 0.4) is 0 Å². The highest BCUT2D eigenvalue weighted by molar-refractivity contribution is 7.10. The third-order valence-electron chi connectivity index (χ3n) is 6.29. The van der Waals surface area contributed by atoms with Crippen LogP contribution in [0.2, 0.25) is 0 Å². The van der Waals surface area contributed by atoms with Crippen LogP contribution in [-0.4, -0.2) is 31.9 Å². The molecule has 0 spiro atoms. The largest absolute Gasteiger partial charge is 0.350 e. The van der Waals surface area contributed by atoms with Crippen molar-refractivity contribution < 1.29 is 4.79 Å². The summed E-state index contributed by atoms with van der Waals surface area (Å²) < 4.78 is 2.04. The van der Waals surface area contributed by atoms with Gasteiger partial charge in [-0.1, -0.05) is 30.3 Å². The molecule has 0 saturated heterocycles. The summed E-state index contributed by atoms with van der Waals surface area (Å²) in [5.41, 5.74) is 5.20. The average Bonchev–Trinajstić information content (AvgIpc) is 3.50. The van der Waals surface area contributed by atoms with E-state index < -0.39 is 0 Å². The first-order chi connectivity index (χ1) is 15.2. The van der Waals surface area contributed by atoms with E-state index in [1.807, 2.05) is 65.2 Å². The highest BCUT2D eigenvalue weighted by Gasteiger charge is 2.34. The fraction of sp³-hybridized carbons (Fsp3) is 0.200. The van der Waals surface area contributed by atoms with Gasteiger partial charge in [0.2, 0.25) is 0 Å². The standard InChI is InChI=1S/C25H22N4OS/c1-28-15-18(17-6-2-5-9-21(17)28)25(30)29-12-10-16-11-13-31-24(16)22(29)14-23-26-19-7-3-4-8-20(19)27-23/h2-9,11,13,15,22H,10,12,14H2,1H3,(H,26,27). The van der Waals surface area contributed by atoms with Gasteiger partial charge in [-0.3, -0.25) is 4.79 Å². The number of aromatic amines is 1. The Labute approximate surface area is 184 Å². The van der Waals surface area contributed by atoms with Gasteiger partial charge in [0.25, 0.3) is 5.91 Å². The van der Waals surface area contributed by atoms with Crippen LogP contribution in [0, 0.1) is 0 Å². The number of benzene rings is 2. The number of H-pyrrole nitrogens is 1. The van der Waals surface area contributed by atoms with E-state index in [0.717, 1.165) is 46.3 Å². The minimum absolute atomic E-state index is 0.0178. The van der Waals surface area contributed by atoms with Gasteiger partial charge in [0.1, 0.15) is 5.82 Å². The predicted molar refractivity (Wildman–Crippen MR) is 125 cm³/mol. The summed E-state index contributed by atoms with van der Waals surface area (Å²) in [7, 11) is 2.00. The number of amides is 1. The minimum Gasteiger partial charge on any atom is -0.350 e. The second-order valence-electron chi connectivity index (χ2n) is 8.15. The van der Waals surface area contributed by atoms with Gasteiger partial charge in [0.05, 0.1) is 22.6 Å². The van der Waals surface area contributed by atoms with E-state index in [2.05, 4.69) is 22.5 Å². The lowest BCUT2D eigenvalue weighted by Gasteiger charge is -2.35. The number of para-hydroxylation sites is 3. The first-order valence-corrected chi connectivity index (χ1v) is 11.4. The molecule has 154 valence electrons. The zero-order chi connectivity index (χ0) is 20.9. The van der Waals surface area contributed by atoms with Crippen molar-refractivity contribution in [3.8, 4) is 0 Å². The molecule has 1 amide bonds. The van der Waals surface area contributed by atoms with E-state index in [9.17, 15) is 4.79 Å². The molecule has 31 heavy (non-hydrogen) atoms. The van der Waals surface area contributed by atoms with Crippen LogP contribution < -0.4 is 0 Å². The van der Waals surface area contributed by atoms with Crippen LogP contribution in [0.5, 0.6) is 0 Å². The number of thiophene rings is 1. The molecular weight excluding hydrogens is 404 g/mol. The predicted octanol–water partition coefficient (Wildman–Crippen LogP) is 5.10. The quantitative estimate of drug-likeness (QED) is 0.436. The Hall–Kier alpha value is -3.38. The van der Waals surface area contributed by atoms with E-state index >= 15 is 0 Å². The van der Waals surface area contributed by atoms with Crippen LogP contribution in [0.25, 0.3) is 21.9 Å². The van der Waals surface area contributed by atoms with Crippen LogP contribution >= 0.6 is 11.3 Å². The van der Waals surface area contributed by atoms with E-state index in [1.54, 1.807) is 11.3 Å². The molecule has 0 bridgehead atoms. The monoisotopic (exact) mass is 426 g/mol. The first-order valence-electron chi connectivity index (χ1n) is 10.5. The molecule has 1 aliphatic heterocycles. The number of imidazole rings is 1. The first kappa shape index (κ1) is 18.4. The minimum atomic E-state index is -0.0178. The maximum Gasteiger partial charge on any atom is 0.256 e. The number of nitrogens with zero attached hydrogens (tertiary/aromatic N) is 3. The molecule has 1 atom stereocenters. The Balaban J connectivity index is 1.41. The summed E-state index contributed by atoms with van der Waals surface area (Å²) in [4.78, 5) is 25.4. The zero-order valence-corrected chi connectivity index (χ0v) is 18.0. The molecule has 0 saturated carbocycles. The van der Waals surface area contributed by atoms with Crippen LogP contribution in [0.15, 0.2) is 66.2 Å². The number of hydrogen-bond donors (Lipinski definition) is 1. The number of fused-ring (bicyclic) bond motifs is 3. The van der Waals surface area contributed by atoms with Crippen molar-refractivity contribution in [3.63, 3.8) is 0 Å². The number of rotatable bonds is 3. The van der Waals surface area contributed by atoms with Crippen LogP contribution in [0.4, 0.5) is 0 Å². The van der Waals surface area contributed by atoms with Gasteiger partial charge in [-0.2, -0.15) is 0 Å². The zero-order valence-electron chi connectivity index (χ0n) is 17.2. The molecule has 1 N–H and O–H groups in total. The summed E-state index contributed by atoms with van der Waals surface area (Å²) in [6.45, 7) is 0.719. The highest BCUT2D eigenvalue weighted by atomic mass is 32.1. The molecule has 1 unspecified atom stereocenters. The summed E-state index contributed by atoms with van der Waals surface area (Å²) in [5.74, 6) is 1.01. The molecule has 1 aliphatic rings. The molecule has 5 aromatic rings. The Bertz CT molecular complexity index is 1390. The molecule has 5 nitrogen and oxygen atoms in total. The van der Waals surface area contributed by atoms with Crippen LogP contribution in [-0.2, 0) is 19.9 Å². The van der Waals surface area contributed by atoms with Crippen molar-refractivity contribution in [1.29, 1.82) is 0 Å². The van der Waals surface area contributed by atoms with Gasteiger partial charge in [-0.15, -0.1) is 11.3 Å². The molecule has 3 aromatic heterocycles. The molecule has 0 aliphatic carbocycles. The van der Waals surface area contributed by atoms with Gasteiger partial charge in [0, 0.05) is 42.0 Å². The normalized spacial score (nSPS) is 16.2. The summed E-state index contributed by atoms with van der Waals surface area (Å²) >= 11 is 1.74. The lowest BCUT2D eigenvalue weighted by atomic mass is 9.97. The third kappa shape index (κ3) is 2.98. The fourth-order valence-corrected chi connectivity index (χ4v) is 5.85. The Kier molecular flexibility index (Phi) is 4.21. The van der Waals surface area contributed by atoms with Crippen LogP contribution in [0.1, 0.15) is 32.7 Å². The van der Waals surface area contributed by atoms with E-state index in [-0.39, 0.29) is 11.9 Å². The number of aryl methyl sites for hydroxylation is 1. The second-order valence-corrected chi connectivity index (χ2v) is 9.10. The number of carbonyl (C=O) groups is 1. The van der Waals surface area contributed by atoms with Crippen molar-refractivity contribution in [3.05, 3.63) is 88.0 Å². The van der Waals surface area contributed by atoms with Crippen molar-refractivity contribution >= 4 is 39.2 Å². The van der Waals surface area contributed by atoms with Gasteiger partial charge in [-0.05, 0) is 41.6 Å². The van der Waals surface area contributed by atoms with Gasteiger partial charge in [0.15, 0.2) is 0 Å². The molecule has 2 aromatic carbocycles. The van der Waals surface area contributed by atoms with Crippen molar-refractivity contribution in [2.24, 2.45) is 7.05 Å². The summed E-state index contributed by atoms with van der Waals surface area (Å²) in [6.07, 6.45) is 3.54. The number of carbonyl (C=O) groups excluding carboxylic acids is 1. The Morgan fingerprint density at radius 3 is 2.90 bits per heavy atom.